The van der Waals surface area contributed by atoms with Crippen molar-refractivity contribution in [3.05, 3.63) is 71.0 Å². The maximum atomic E-state index is 12.8. The zero-order valence-corrected chi connectivity index (χ0v) is 14.7. The third-order valence-corrected chi connectivity index (χ3v) is 5.33. The molecule has 0 fully saturated rings. The van der Waals surface area contributed by atoms with Crippen LogP contribution in [-0.4, -0.2) is 17.6 Å². The minimum absolute atomic E-state index is 0.231. The van der Waals surface area contributed by atoms with Gasteiger partial charge in [-0.2, -0.15) is 4.99 Å². The SMILES string of the molecule is COc1ccc2c(c1)sc(=NC(=O)c1cccc3ccccc13)n2C. The van der Waals surface area contributed by atoms with Gasteiger partial charge in [0.1, 0.15) is 5.75 Å². The second kappa shape index (κ2) is 6.18. The van der Waals surface area contributed by atoms with Crippen LogP contribution >= 0.6 is 11.3 Å². The molecule has 0 atom stereocenters. The van der Waals surface area contributed by atoms with Crippen molar-refractivity contribution in [2.75, 3.05) is 7.11 Å². The van der Waals surface area contributed by atoms with Gasteiger partial charge in [0.2, 0.25) is 0 Å². The van der Waals surface area contributed by atoms with Crippen molar-refractivity contribution < 1.29 is 9.53 Å². The number of carbonyl (C=O) groups excluding carboxylic acids is 1. The molecule has 5 heteroatoms. The normalized spacial score (nSPS) is 12.0. The molecule has 4 aromatic rings. The van der Waals surface area contributed by atoms with Crippen LogP contribution in [0.4, 0.5) is 0 Å². The summed E-state index contributed by atoms with van der Waals surface area (Å²) in [7, 11) is 3.56. The van der Waals surface area contributed by atoms with E-state index in [0.29, 0.717) is 10.4 Å². The molecule has 0 bridgehead atoms. The molecule has 1 heterocycles. The molecule has 4 nitrogen and oxygen atoms in total. The largest absolute Gasteiger partial charge is 0.497 e. The molecule has 4 rings (SSSR count). The molecule has 1 amide bonds. The topological polar surface area (TPSA) is 43.6 Å². The average molecular weight is 348 g/mol. The molecule has 3 aromatic carbocycles. The Labute approximate surface area is 148 Å². The highest BCUT2D eigenvalue weighted by Gasteiger charge is 2.10. The number of methoxy groups -OCH3 is 1. The molecule has 0 N–H and O–H groups in total. The highest BCUT2D eigenvalue weighted by atomic mass is 32.1. The lowest BCUT2D eigenvalue weighted by atomic mass is 10.0. The van der Waals surface area contributed by atoms with Gasteiger partial charge in [-0.15, -0.1) is 0 Å². The second-order valence-corrected chi connectivity index (χ2v) is 6.73. The standard InChI is InChI=1S/C20H16N2O2S/c1-22-17-11-10-14(24-2)12-18(17)25-20(22)21-19(23)16-9-5-7-13-6-3-4-8-15(13)16/h3-12H,1-2H3. The number of aromatic nitrogens is 1. The molecule has 25 heavy (non-hydrogen) atoms. The fourth-order valence-electron chi connectivity index (χ4n) is 2.91. The number of hydrogen-bond donors (Lipinski definition) is 0. The first-order valence-electron chi connectivity index (χ1n) is 7.88. The van der Waals surface area contributed by atoms with Crippen LogP contribution in [-0.2, 0) is 7.05 Å². The Morgan fingerprint density at radius 3 is 2.72 bits per heavy atom. The van der Waals surface area contributed by atoms with Crippen LogP contribution < -0.4 is 9.54 Å². The Kier molecular flexibility index (Phi) is 3.86. The predicted octanol–water partition coefficient (Wildman–Crippen LogP) is 4.14. The highest BCUT2D eigenvalue weighted by Crippen LogP contribution is 2.23. The molecule has 0 aliphatic heterocycles. The number of nitrogens with zero attached hydrogens (tertiary/aromatic N) is 2. The van der Waals surface area contributed by atoms with Crippen molar-refractivity contribution in [1.82, 2.24) is 4.57 Å². The van der Waals surface area contributed by atoms with Gasteiger partial charge in [-0.3, -0.25) is 4.79 Å². The number of hydrogen-bond acceptors (Lipinski definition) is 3. The maximum Gasteiger partial charge on any atom is 0.280 e. The maximum absolute atomic E-state index is 12.8. The smallest absolute Gasteiger partial charge is 0.280 e. The number of benzene rings is 3. The highest BCUT2D eigenvalue weighted by molar-refractivity contribution is 7.16. The van der Waals surface area contributed by atoms with Gasteiger partial charge in [-0.05, 0) is 35.0 Å². The Morgan fingerprint density at radius 1 is 1.08 bits per heavy atom. The zero-order valence-electron chi connectivity index (χ0n) is 13.9. The lowest BCUT2D eigenvalue weighted by molar-refractivity contribution is 0.0999. The Bertz CT molecular complexity index is 1170. The Hall–Kier alpha value is -2.92. The minimum atomic E-state index is -0.231. The van der Waals surface area contributed by atoms with Gasteiger partial charge < -0.3 is 9.30 Å². The monoisotopic (exact) mass is 348 g/mol. The first kappa shape index (κ1) is 15.6. The number of carbonyl (C=O) groups is 1. The fraction of sp³-hybridized carbons (Fsp3) is 0.100. The number of rotatable bonds is 2. The van der Waals surface area contributed by atoms with E-state index in [-0.39, 0.29) is 5.91 Å². The van der Waals surface area contributed by atoms with E-state index in [4.69, 9.17) is 4.74 Å². The van der Waals surface area contributed by atoms with Crippen molar-refractivity contribution in [3.63, 3.8) is 0 Å². The van der Waals surface area contributed by atoms with Gasteiger partial charge >= 0.3 is 0 Å². The second-order valence-electron chi connectivity index (χ2n) is 5.72. The van der Waals surface area contributed by atoms with E-state index >= 15 is 0 Å². The van der Waals surface area contributed by atoms with Crippen LogP contribution in [0.3, 0.4) is 0 Å². The van der Waals surface area contributed by atoms with Crippen LogP contribution in [0.25, 0.3) is 21.0 Å². The van der Waals surface area contributed by atoms with Gasteiger partial charge in [0, 0.05) is 12.6 Å². The molecule has 0 aliphatic carbocycles. The van der Waals surface area contributed by atoms with Crippen molar-refractivity contribution in [3.8, 4) is 5.75 Å². The van der Waals surface area contributed by atoms with E-state index in [9.17, 15) is 4.79 Å². The average Bonchev–Trinajstić information content (AvgIpc) is 2.96. The van der Waals surface area contributed by atoms with Crippen LogP contribution in [0, 0.1) is 0 Å². The van der Waals surface area contributed by atoms with Gasteiger partial charge in [-0.25, -0.2) is 0 Å². The summed E-state index contributed by atoms with van der Waals surface area (Å²) in [6, 6.07) is 19.4. The molecule has 0 spiro atoms. The number of thiazole rings is 1. The third-order valence-electron chi connectivity index (χ3n) is 4.23. The third kappa shape index (κ3) is 2.72. The van der Waals surface area contributed by atoms with E-state index in [1.807, 2.05) is 72.3 Å². The van der Waals surface area contributed by atoms with Crippen LogP contribution in [0.5, 0.6) is 5.75 Å². The van der Waals surface area contributed by atoms with Crippen LogP contribution in [0.1, 0.15) is 10.4 Å². The summed E-state index contributed by atoms with van der Waals surface area (Å²) in [4.78, 5) is 17.8. The molecule has 0 saturated carbocycles. The summed E-state index contributed by atoms with van der Waals surface area (Å²) in [5, 5.41) is 1.96. The first-order chi connectivity index (χ1) is 12.2. The van der Waals surface area contributed by atoms with Gasteiger partial charge in [0.15, 0.2) is 4.80 Å². The van der Waals surface area contributed by atoms with Gasteiger partial charge in [0.25, 0.3) is 5.91 Å². The predicted molar refractivity (Wildman–Crippen MR) is 101 cm³/mol. The number of fused-ring (bicyclic) bond motifs is 2. The van der Waals surface area contributed by atoms with Gasteiger partial charge in [0.05, 0.1) is 17.3 Å². The minimum Gasteiger partial charge on any atom is -0.497 e. The molecule has 0 radical (unpaired) electrons. The fourth-order valence-corrected chi connectivity index (χ4v) is 3.95. The number of amides is 1. The lowest BCUT2D eigenvalue weighted by Gasteiger charge is -2.02. The molecule has 124 valence electrons. The molecule has 0 saturated heterocycles. The number of ether oxygens (including phenoxy) is 1. The first-order valence-corrected chi connectivity index (χ1v) is 8.69. The zero-order chi connectivity index (χ0) is 17.4. The van der Waals surface area contributed by atoms with Crippen molar-refractivity contribution in [2.24, 2.45) is 12.0 Å². The quantitative estimate of drug-likeness (QED) is 0.546. The van der Waals surface area contributed by atoms with E-state index in [1.165, 1.54) is 11.3 Å². The molecule has 0 unspecified atom stereocenters. The van der Waals surface area contributed by atoms with E-state index in [0.717, 1.165) is 26.7 Å². The lowest BCUT2D eigenvalue weighted by Crippen LogP contribution is -2.13. The summed E-state index contributed by atoms with van der Waals surface area (Å²) in [6.07, 6.45) is 0. The van der Waals surface area contributed by atoms with Gasteiger partial charge in [-0.1, -0.05) is 47.7 Å². The van der Waals surface area contributed by atoms with Crippen LogP contribution in [0.2, 0.25) is 0 Å². The Balaban J connectivity index is 1.86. The van der Waals surface area contributed by atoms with E-state index in [2.05, 4.69) is 4.99 Å². The Morgan fingerprint density at radius 2 is 1.88 bits per heavy atom. The van der Waals surface area contributed by atoms with E-state index in [1.54, 1.807) is 7.11 Å². The molecular formula is C20H16N2O2S. The summed E-state index contributed by atoms with van der Waals surface area (Å²) in [5.74, 6) is 0.562. The van der Waals surface area contributed by atoms with E-state index < -0.39 is 0 Å². The van der Waals surface area contributed by atoms with Crippen molar-refractivity contribution >= 4 is 38.2 Å². The molecule has 0 aliphatic rings. The summed E-state index contributed by atoms with van der Waals surface area (Å²) in [6.45, 7) is 0. The molecule has 1 aromatic heterocycles. The summed E-state index contributed by atoms with van der Waals surface area (Å²) >= 11 is 1.48. The summed E-state index contributed by atoms with van der Waals surface area (Å²) < 4.78 is 8.24. The van der Waals surface area contributed by atoms with Crippen molar-refractivity contribution in [1.29, 1.82) is 0 Å². The number of aryl methyl sites for hydroxylation is 1. The van der Waals surface area contributed by atoms with Crippen LogP contribution in [0.15, 0.2) is 65.7 Å². The molecular weight excluding hydrogens is 332 g/mol. The summed E-state index contributed by atoms with van der Waals surface area (Å²) in [5.41, 5.74) is 1.64. The van der Waals surface area contributed by atoms with Crippen molar-refractivity contribution in [2.45, 2.75) is 0 Å².